The Morgan fingerprint density at radius 3 is 2.95 bits per heavy atom. The molecule has 0 saturated heterocycles. The normalized spacial score (nSPS) is 11.0. The highest BCUT2D eigenvalue weighted by atomic mass is 15.1. The highest BCUT2D eigenvalue weighted by molar-refractivity contribution is 5.90. The fourth-order valence-corrected chi connectivity index (χ4v) is 2.25. The van der Waals surface area contributed by atoms with Gasteiger partial charge in [-0.2, -0.15) is 5.10 Å². The van der Waals surface area contributed by atoms with Crippen molar-refractivity contribution in [3.05, 3.63) is 55.0 Å². The number of anilines is 2. The molecule has 0 atom stereocenters. The number of hydrogen-bond donors (Lipinski definition) is 2. The van der Waals surface area contributed by atoms with Crippen molar-refractivity contribution in [1.82, 2.24) is 20.2 Å². The van der Waals surface area contributed by atoms with Gasteiger partial charge in [-0.15, -0.1) is 0 Å². The third kappa shape index (κ3) is 1.76. The summed E-state index contributed by atoms with van der Waals surface area (Å²) in [5, 5.41) is 12.4. The first-order valence-corrected chi connectivity index (χ1v) is 6.30. The summed E-state index contributed by atoms with van der Waals surface area (Å²) in [6, 6.07) is 11.9. The maximum absolute atomic E-state index is 4.39. The second-order valence-electron chi connectivity index (χ2n) is 4.53. The van der Waals surface area contributed by atoms with Crippen LogP contribution < -0.4 is 5.32 Å². The van der Waals surface area contributed by atoms with Crippen LogP contribution in [0.4, 0.5) is 11.5 Å². The molecule has 3 aromatic heterocycles. The molecule has 4 aromatic rings. The van der Waals surface area contributed by atoms with E-state index in [-0.39, 0.29) is 0 Å². The summed E-state index contributed by atoms with van der Waals surface area (Å²) in [7, 11) is 0. The number of pyridine rings is 2. The van der Waals surface area contributed by atoms with E-state index in [0.29, 0.717) is 0 Å². The Kier molecular flexibility index (Phi) is 2.35. The minimum Gasteiger partial charge on any atom is -0.338 e. The SMILES string of the molecule is c1cnc2c(Nc3ccc4[nH]ncc4c3)nccc2c1. The van der Waals surface area contributed by atoms with Crippen molar-refractivity contribution in [2.45, 2.75) is 0 Å². The standard InChI is InChI=1S/C15H11N5/c1-2-10-5-7-17-15(14(10)16-6-1)19-12-3-4-13-11(8-12)9-18-20-13/h1-9H,(H,17,19)(H,18,20). The smallest absolute Gasteiger partial charge is 0.156 e. The van der Waals surface area contributed by atoms with Crippen molar-refractivity contribution in [3.8, 4) is 0 Å². The number of rotatable bonds is 2. The number of benzene rings is 1. The van der Waals surface area contributed by atoms with Gasteiger partial charge in [0.15, 0.2) is 5.82 Å². The number of hydrogen-bond acceptors (Lipinski definition) is 4. The summed E-state index contributed by atoms with van der Waals surface area (Å²) in [6.45, 7) is 0. The summed E-state index contributed by atoms with van der Waals surface area (Å²) < 4.78 is 0. The Labute approximate surface area is 114 Å². The zero-order valence-electron chi connectivity index (χ0n) is 10.5. The highest BCUT2D eigenvalue weighted by Crippen LogP contribution is 2.24. The van der Waals surface area contributed by atoms with Crippen LogP contribution in [0.25, 0.3) is 21.8 Å². The highest BCUT2D eigenvalue weighted by Gasteiger charge is 2.04. The maximum atomic E-state index is 4.39. The van der Waals surface area contributed by atoms with Gasteiger partial charge >= 0.3 is 0 Å². The molecule has 0 amide bonds. The van der Waals surface area contributed by atoms with Crippen LogP contribution in [0, 0.1) is 0 Å². The Hall–Kier alpha value is -2.95. The van der Waals surface area contributed by atoms with E-state index < -0.39 is 0 Å². The quantitative estimate of drug-likeness (QED) is 0.581. The molecule has 5 heteroatoms. The lowest BCUT2D eigenvalue weighted by Crippen LogP contribution is -1.95. The molecule has 3 heterocycles. The predicted octanol–water partition coefficient (Wildman–Crippen LogP) is 3.25. The van der Waals surface area contributed by atoms with Crippen molar-refractivity contribution in [2.75, 3.05) is 5.32 Å². The number of aromatic nitrogens is 4. The van der Waals surface area contributed by atoms with Gasteiger partial charge in [0.1, 0.15) is 5.52 Å². The number of nitrogens with zero attached hydrogens (tertiary/aromatic N) is 3. The molecule has 2 N–H and O–H groups in total. The fourth-order valence-electron chi connectivity index (χ4n) is 2.25. The predicted molar refractivity (Wildman–Crippen MR) is 78.9 cm³/mol. The molecule has 0 saturated carbocycles. The molecule has 4 rings (SSSR count). The van der Waals surface area contributed by atoms with Gasteiger partial charge in [-0.25, -0.2) is 4.98 Å². The average Bonchev–Trinajstić information content (AvgIpc) is 2.95. The van der Waals surface area contributed by atoms with Gasteiger partial charge in [0.05, 0.1) is 11.7 Å². The van der Waals surface area contributed by atoms with Gasteiger partial charge in [0.2, 0.25) is 0 Å². The van der Waals surface area contributed by atoms with Crippen molar-refractivity contribution in [1.29, 1.82) is 0 Å². The van der Waals surface area contributed by atoms with E-state index in [9.17, 15) is 0 Å². The summed E-state index contributed by atoms with van der Waals surface area (Å²) in [6.07, 6.45) is 5.35. The van der Waals surface area contributed by atoms with E-state index >= 15 is 0 Å². The van der Waals surface area contributed by atoms with E-state index in [2.05, 4.69) is 25.5 Å². The van der Waals surface area contributed by atoms with Crippen molar-refractivity contribution >= 4 is 33.3 Å². The van der Waals surface area contributed by atoms with Crippen LogP contribution >= 0.6 is 0 Å². The van der Waals surface area contributed by atoms with Crippen LogP contribution in [-0.2, 0) is 0 Å². The molecule has 0 spiro atoms. The zero-order valence-corrected chi connectivity index (χ0v) is 10.5. The lowest BCUT2D eigenvalue weighted by atomic mass is 10.2. The molecule has 0 unspecified atom stereocenters. The molecule has 20 heavy (non-hydrogen) atoms. The molecule has 0 aliphatic rings. The Morgan fingerprint density at radius 1 is 0.950 bits per heavy atom. The van der Waals surface area contributed by atoms with Gasteiger partial charge in [-0.3, -0.25) is 10.1 Å². The fraction of sp³-hybridized carbons (Fsp3) is 0. The summed E-state index contributed by atoms with van der Waals surface area (Å²) in [5.41, 5.74) is 2.84. The summed E-state index contributed by atoms with van der Waals surface area (Å²) in [5.74, 6) is 0.756. The molecule has 0 aliphatic carbocycles. The van der Waals surface area contributed by atoms with E-state index in [1.807, 2.05) is 36.4 Å². The second kappa shape index (κ2) is 4.31. The first-order chi connectivity index (χ1) is 9.90. The largest absolute Gasteiger partial charge is 0.338 e. The molecular weight excluding hydrogens is 250 g/mol. The van der Waals surface area contributed by atoms with E-state index in [1.165, 1.54) is 0 Å². The van der Waals surface area contributed by atoms with Crippen LogP contribution in [0.5, 0.6) is 0 Å². The molecule has 1 aromatic carbocycles. The number of H-pyrrole nitrogens is 1. The Balaban J connectivity index is 1.80. The van der Waals surface area contributed by atoms with Crippen molar-refractivity contribution < 1.29 is 0 Å². The van der Waals surface area contributed by atoms with Crippen LogP contribution in [0.1, 0.15) is 0 Å². The topological polar surface area (TPSA) is 66.5 Å². The van der Waals surface area contributed by atoms with E-state index in [1.54, 1.807) is 18.6 Å². The molecular formula is C15H11N5. The molecule has 96 valence electrons. The molecule has 0 bridgehead atoms. The minimum atomic E-state index is 0.756. The van der Waals surface area contributed by atoms with Crippen LogP contribution in [0.15, 0.2) is 55.0 Å². The second-order valence-corrected chi connectivity index (χ2v) is 4.53. The number of aromatic amines is 1. The lowest BCUT2D eigenvalue weighted by Gasteiger charge is -2.07. The Bertz CT molecular complexity index is 891. The van der Waals surface area contributed by atoms with Gasteiger partial charge in [-0.1, -0.05) is 6.07 Å². The molecule has 0 fully saturated rings. The third-order valence-corrected chi connectivity index (χ3v) is 3.22. The maximum Gasteiger partial charge on any atom is 0.156 e. The zero-order chi connectivity index (χ0) is 13.4. The van der Waals surface area contributed by atoms with Crippen LogP contribution in [-0.4, -0.2) is 20.2 Å². The first-order valence-electron chi connectivity index (χ1n) is 6.30. The van der Waals surface area contributed by atoms with Gasteiger partial charge in [0, 0.05) is 28.9 Å². The average molecular weight is 261 g/mol. The molecule has 0 radical (unpaired) electrons. The Morgan fingerprint density at radius 2 is 1.95 bits per heavy atom. The third-order valence-electron chi connectivity index (χ3n) is 3.22. The molecule has 0 aliphatic heterocycles. The van der Waals surface area contributed by atoms with Gasteiger partial charge in [-0.05, 0) is 30.3 Å². The monoisotopic (exact) mass is 261 g/mol. The van der Waals surface area contributed by atoms with Crippen LogP contribution in [0.3, 0.4) is 0 Å². The van der Waals surface area contributed by atoms with Gasteiger partial charge in [0.25, 0.3) is 0 Å². The minimum absolute atomic E-state index is 0.756. The number of fused-ring (bicyclic) bond motifs is 2. The first kappa shape index (κ1) is 10.9. The van der Waals surface area contributed by atoms with Gasteiger partial charge < -0.3 is 5.32 Å². The van der Waals surface area contributed by atoms with E-state index in [4.69, 9.17) is 0 Å². The summed E-state index contributed by atoms with van der Waals surface area (Å²) >= 11 is 0. The lowest BCUT2D eigenvalue weighted by molar-refractivity contribution is 1.12. The van der Waals surface area contributed by atoms with Crippen molar-refractivity contribution in [2.24, 2.45) is 0 Å². The van der Waals surface area contributed by atoms with E-state index in [0.717, 1.165) is 33.3 Å². The van der Waals surface area contributed by atoms with Crippen molar-refractivity contribution in [3.63, 3.8) is 0 Å². The van der Waals surface area contributed by atoms with Crippen LogP contribution in [0.2, 0.25) is 0 Å². The molecule has 5 nitrogen and oxygen atoms in total. The number of nitrogens with one attached hydrogen (secondary N) is 2. The summed E-state index contributed by atoms with van der Waals surface area (Å²) in [4.78, 5) is 8.76.